The molecule has 4 nitrogen and oxygen atoms in total. The minimum atomic E-state index is 0.0586. The smallest absolute Gasteiger partial charge is 0.254 e. The number of hydrogen-bond donors (Lipinski definition) is 0. The number of halogens is 2. The van der Waals surface area contributed by atoms with Crippen molar-refractivity contribution in [3.8, 4) is 0 Å². The van der Waals surface area contributed by atoms with E-state index in [1.807, 2.05) is 47.4 Å². The maximum absolute atomic E-state index is 13.1. The largest absolute Gasteiger partial charge is 0.368 e. The highest BCUT2D eigenvalue weighted by atomic mass is 35.5. The molecule has 0 radical (unpaired) electrons. The van der Waals surface area contributed by atoms with Crippen LogP contribution in [0.5, 0.6) is 0 Å². The highest BCUT2D eigenvalue weighted by Crippen LogP contribution is 2.33. The average Bonchev–Trinajstić information content (AvgIpc) is 2.79. The summed E-state index contributed by atoms with van der Waals surface area (Å²) in [6, 6.07) is 13.6. The van der Waals surface area contributed by atoms with Gasteiger partial charge in [-0.3, -0.25) is 9.78 Å². The van der Waals surface area contributed by atoms with E-state index in [0.29, 0.717) is 18.7 Å². The highest BCUT2D eigenvalue weighted by molar-refractivity contribution is 6.36. The Morgan fingerprint density at radius 3 is 2.40 bits per heavy atom. The van der Waals surface area contributed by atoms with Gasteiger partial charge < -0.3 is 9.80 Å². The Labute approximate surface area is 186 Å². The molecule has 1 aromatic heterocycles. The van der Waals surface area contributed by atoms with Crippen LogP contribution >= 0.6 is 23.2 Å². The van der Waals surface area contributed by atoms with Gasteiger partial charge in [0.05, 0.1) is 10.5 Å². The Balaban J connectivity index is 1.34. The zero-order valence-electron chi connectivity index (χ0n) is 16.7. The van der Waals surface area contributed by atoms with Crippen LogP contribution in [0, 0.1) is 0 Å². The topological polar surface area (TPSA) is 36.4 Å². The average molecular weight is 440 g/mol. The number of carbonyl (C=O) groups is 1. The molecule has 0 N–H and O–H groups in total. The second kappa shape index (κ2) is 8.09. The lowest BCUT2D eigenvalue weighted by Crippen LogP contribution is -2.48. The molecule has 6 heteroatoms. The van der Waals surface area contributed by atoms with Crippen LogP contribution in [0.2, 0.25) is 10.0 Å². The molecule has 0 spiro atoms. The van der Waals surface area contributed by atoms with E-state index in [1.165, 1.54) is 12.0 Å². The van der Waals surface area contributed by atoms with Crippen LogP contribution < -0.4 is 4.90 Å². The van der Waals surface area contributed by atoms with Crippen molar-refractivity contribution in [2.75, 3.05) is 31.1 Å². The summed E-state index contributed by atoms with van der Waals surface area (Å²) < 4.78 is 0. The number of amides is 1. The fourth-order valence-electron chi connectivity index (χ4n) is 4.50. The van der Waals surface area contributed by atoms with Crippen LogP contribution in [0.25, 0.3) is 10.9 Å². The van der Waals surface area contributed by atoms with E-state index in [-0.39, 0.29) is 5.91 Å². The molecule has 154 valence electrons. The number of aryl methyl sites for hydroxylation is 1. The summed E-state index contributed by atoms with van der Waals surface area (Å²) in [5, 5.41) is 2.49. The molecule has 2 aromatic carbocycles. The van der Waals surface area contributed by atoms with Crippen molar-refractivity contribution in [2.45, 2.75) is 25.7 Å². The lowest BCUT2D eigenvalue weighted by atomic mass is 9.94. The molecular weight excluding hydrogens is 417 g/mol. The summed E-state index contributed by atoms with van der Waals surface area (Å²) in [5.74, 6) is 0.0586. The van der Waals surface area contributed by atoms with E-state index in [9.17, 15) is 4.79 Å². The first-order chi connectivity index (χ1) is 14.6. The lowest BCUT2D eigenvalue weighted by molar-refractivity contribution is 0.0747. The first-order valence-corrected chi connectivity index (χ1v) is 11.3. The normalized spacial score (nSPS) is 16.6. The number of benzene rings is 2. The standard InChI is InChI=1S/C24H23Cl2N3O/c25-17-6-8-18(9-7-17)28-11-13-29(14-12-28)24(30)16-5-10-20-22(15-16)27-21-4-2-1-3-19(21)23(20)26/h5-10,15H,1-4,11-14H2. The maximum Gasteiger partial charge on any atom is 0.254 e. The Bertz CT molecular complexity index is 1110. The predicted molar refractivity (Wildman–Crippen MR) is 123 cm³/mol. The third-order valence-corrected chi connectivity index (χ3v) is 6.88. The van der Waals surface area contributed by atoms with Gasteiger partial charge in [-0.05, 0) is 67.6 Å². The summed E-state index contributed by atoms with van der Waals surface area (Å²) in [6.45, 7) is 2.99. The van der Waals surface area contributed by atoms with Gasteiger partial charge in [0, 0.05) is 53.5 Å². The first-order valence-electron chi connectivity index (χ1n) is 10.5. The molecule has 1 saturated heterocycles. The Hall–Kier alpha value is -2.30. The zero-order valence-corrected chi connectivity index (χ0v) is 18.2. The van der Waals surface area contributed by atoms with Crippen molar-refractivity contribution in [3.05, 3.63) is 69.3 Å². The molecule has 0 saturated carbocycles. The number of nitrogens with zero attached hydrogens (tertiary/aromatic N) is 3. The van der Waals surface area contributed by atoms with Crippen molar-refractivity contribution in [2.24, 2.45) is 0 Å². The monoisotopic (exact) mass is 439 g/mol. The quantitative estimate of drug-likeness (QED) is 0.537. The van der Waals surface area contributed by atoms with Gasteiger partial charge in [-0.25, -0.2) is 0 Å². The van der Waals surface area contributed by atoms with Gasteiger partial charge in [-0.15, -0.1) is 0 Å². The van der Waals surface area contributed by atoms with Gasteiger partial charge in [-0.1, -0.05) is 29.3 Å². The predicted octanol–water partition coefficient (Wildman–Crippen LogP) is 5.38. The van der Waals surface area contributed by atoms with Crippen LogP contribution in [0.4, 0.5) is 5.69 Å². The van der Waals surface area contributed by atoms with Crippen LogP contribution in [0.3, 0.4) is 0 Å². The fraction of sp³-hybridized carbons (Fsp3) is 0.333. The Morgan fingerprint density at radius 2 is 1.63 bits per heavy atom. The van der Waals surface area contributed by atoms with Crippen molar-refractivity contribution in [3.63, 3.8) is 0 Å². The molecule has 3 aromatic rings. The van der Waals surface area contributed by atoms with Crippen molar-refractivity contribution in [1.29, 1.82) is 0 Å². The summed E-state index contributed by atoms with van der Waals surface area (Å²) in [4.78, 5) is 22.2. The molecule has 1 fully saturated rings. The van der Waals surface area contributed by atoms with Gasteiger partial charge >= 0.3 is 0 Å². The molecule has 1 aliphatic carbocycles. The van der Waals surface area contributed by atoms with Crippen LogP contribution in [-0.2, 0) is 12.8 Å². The van der Waals surface area contributed by atoms with E-state index in [4.69, 9.17) is 28.2 Å². The molecule has 1 amide bonds. The van der Waals surface area contributed by atoms with Crippen molar-refractivity contribution in [1.82, 2.24) is 9.88 Å². The van der Waals surface area contributed by atoms with Crippen LogP contribution in [-0.4, -0.2) is 42.0 Å². The zero-order chi connectivity index (χ0) is 20.7. The Kier molecular flexibility index (Phi) is 5.30. The van der Waals surface area contributed by atoms with E-state index >= 15 is 0 Å². The second-order valence-electron chi connectivity index (χ2n) is 8.05. The third kappa shape index (κ3) is 3.63. The van der Waals surface area contributed by atoms with Gasteiger partial charge in [0.15, 0.2) is 0 Å². The number of rotatable bonds is 2. The number of fused-ring (bicyclic) bond motifs is 2. The summed E-state index contributed by atoms with van der Waals surface area (Å²) in [7, 11) is 0. The van der Waals surface area contributed by atoms with Crippen LogP contribution in [0.15, 0.2) is 42.5 Å². The molecule has 2 heterocycles. The summed E-state index contributed by atoms with van der Waals surface area (Å²) in [5.41, 5.74) is 4.93. The minimum absolute atomic E-state index is 0.0586. The SMILES string of the molecule is O=C(c1ccc2c(Cl)c3c(nc2c1)CCCC3)N1CCN(c2ccc(Cl)cc2)CC1. The molecule has 0 bridgehead atoms. The van der Waals surface area contributed by atoms with E-state index < -0.39 is 0 Å². The van der Waals surface area contributed by atoms with Crippen LogP contribution in [0.1, 0.15) is 34.5 Å². The fourth-order valence-corrected chi connectivity index (χ4v) is 4.99. The molecule has 1 aliphatic heterocycles. The molecule has 5 rings (SSSR count). The van der Waals surface area contributed by atoms with Gasteiger partial charge in [0.25, 0.3) is 5.91 Å². The molecule has 2 aliphatic rings. The molecular formula is C24H23Cl2N3O. The number of carbonyl (C=O) groups excluding carboxylic acids is 1. The van der Waals surface area contributed by atoms with Crippen molar-refractivity contribution >= 4 is 45.7 Å². The summed E-state index contributed by atoms with van der Waals surface area (Å²) in [6.07, 6.45) is 4.28. The number of hydrogen-bond acceptors (Lipinski definition) is 3. The first kappa shape index (κ1) is 19.7. The van der Waals surface area contributed by atoms with E-state index in [1.54, 1.807) is 0 Å². The van der Waals surface area contributed by atoms with Gasteiger partial charge in [0.2, 0.25) is 0 Å². The van der Waals surface area contributed by atoms with E-state index in [2.05, 4.69) is 4.90 Å². The number of anilines is 1. The molecule has 0 unspecified atom stereocenters. The number of pyridine rings is 1. The summed E-state index contributed by atoms with van der Waals surface area (Å²) >= 11 is 12.7. The maximum atomic E-state index is 13.1. The van der Waals surface area contributed by atoms with Gasteiger partial charge in [0.1, 0.15) is 0 Å². The van der Waals surface area contributed by atoms with Gasteiger partial charge in [-0.2, -0.15) is 0 Å². The Morgan fingerprint density at radius 1 is 0.900 bits per heavy atom. The number of aromatic nitrogens is 1. The third-order valence-electron chi connectivity index (χ3n) is 6.20. The lowest BCUT2D eigenvalue weighted by Gasteiger charge is -2.36. The second-order valence-corrected chi connectivity index (χ2v) is 8.86. The minimum Gasteiger partial charge on any atom is -0.368 e. The molecule has 30 heavy (non-hydrogen) atoms. The highest BCUT2D eigenvalue weighted by Gasteiger charge is 2.23. The van der Waals surface area contributed by atoms with E-state index in [0.717, 1.165) is 64.7 Å². The number of piperazine rings is 1. The molecule has 0 atom stereocenters. The van der Waals surface area contributed by atoms with Crippen molar-refractivity contribution < 1.29 is 4.79 Å².